The van der Waals surface area contributed by atoms with Crippen molar-refractivity contribution in [3.8, 4) is 11.1 Å². The van der Waals surface area contributed by atoms with Crippen molar-refractivity contribution >= 4 is 5.97 Å². The molecule has 0 amide bonds. The van der Waals surface area contributed by atoms with E-state index in [1.165, 1.54) is 36.4 Å². The number of hydrogen-bond donors (Lipinski definition) is 2. The molecule has 1 aromatic heterocycles. The Hall–Kier alpha value is -2.43. The number of carboxylic acid groups (broad SMARTS) is 1. The van der Waals surface area contributed by atoms with E-state index in [-0.39, 0.29) is 5.69 Å². The van der Waals surface area contributed by atoms with E-state index >= 15 is 0 Å². The molecule has 1 heterocycles. The van der Waals surface area contributed by atoms with E-state index in [0.717, 1.165) is 0 Å². The molecule has 0 fully saturated rings. The summed E-state index contributed by atoms with van der Waals surface area (Å²) in [6, 6.07) is 8.08. The minimum absolute atomic E-state index is 0.180. The summed E-state index contributed by atoms with van der Waals surface area (Å²) >= 11 is 0. The molecule has 0 bridgehead atoms. The highest BCUT2D eigenvalue weighted by molar-refractivity contribution is 5.85. The number of carboxylic acids is 1. The Morgan fingerprint density at radius 3 is 2.29 bits per heavy atom. The fraction of sp³-hybridized carbons (Fsp3) is 0. The first-order valence-corrected chi connectivity index (χ1v) is 4.80. The van der Waals surface area contributed by atoms with Crippen molar-refractivity contribution < 1.29 is 14.3 Å². The van der Waals surface area contributed by atoms with E-state index in [0.29, 0.717) is 11.1 Å². The van der Waals surface area contributed by atoms with Gasteiger partial charge < -0.3 is 10.1 Å². The van der Waals surface area contributed by atoms with Crippen molar-refractivity contribution in [3.63, 3.8) is 0 Å². The quantitative estimate of drug-likeness (QED) is 0.831. The number of halogens is 1. The third-order valence-electron chi connectivity index (χ3n) is 2.30. The summed E-state index contributed by atoms with van der Waals surface area (Å²) < 4.78 is 12.7. The maximum atomic E-state index is 12.7. The predicted molar refractivity (Wildman–Crippen MR) is 59.4 cm³/mol. The second kappa shape index (κ2) is 4.21. The lowest BCUT2D eigenvalue weighted by Gasteiger charge is -2.01. The van der Waals surface area contributed by atoms with Crippen LogP contribution in [0.4, 0.5) is 4.39 Å². The SMILES string of the molecule is O=C(O)c1ccc(-c2ccc(F)cc2)c(=O)[nH]1. The number of nitrogens with one attached hydrogen (secondary N) is 1. The molecule has 86 valence electrons. The largest absolute Gasteiger partial charge is 0.477 e. The van der Waals surface area contributed by atoms with Gasteiger partial charge in [0.2, 0.25) is 0 Å². The van der Waals surface area contributed by atoms with Crippen LogP contribution in [-0.2, 0) is 0 Å². The zero-order valence-corrected chi connectivity index (χ0v) is 8.61. The number of carbonyl (C=O) groups is 1. The van der Waals surface area contributed by atoms with Crippen LogP contribution in [0.1, 0.15) is 10.5 Å². The first kappa shape index (κ1) is 11.1. The third-order valence-corrected chi connectivity index (χ3v) is 2.30. The molecule has 2 rings (SSSR count). The molecule has 17 heavy (non-hydrogen) atoms. The summed E-state index contributed by atoms with van der Waals surface area (Å²) in [5.41, 5.74) is 0.136. The van der Waals surface area contributed by atoms with Crippen LogP contribution in [0.25, 0.3) is 11.1 Å². The van der Waals surface area contributed by atoms with Gasteiger partial charge in [0.15, 0.2) is 0 Å². The second-order valence-electron chi connectivity index (χ2n) is 3.43. The maximum Gasteiger partial charge on any atom is 0.352 e. The average Bonchev–Trinajstić information content (AvgIpc) is 2.30. The summed E-state index contributed by atoms with van der Waals surface area (Å²) in [4.78, 5) is 24.5. The van der Waals surface area contributed by atoms with E-state index in [1.807, 2.05) is 0 Å². The van der Waals surface area contributed by atoms with Gasteiger partial charge in [0.25, 0.3) is 5.56 Å². The number of H-pyrrole nitrogens is 1. The lowest BCUT2D eigenvalue weighted by Crippen LogP contribution is -2.14. The van der Waals surface area contributed by atoms with Crippen molar-refractivity contribution in [2.45, 2.75) is 0 Å². The number of benzene rings is 1. The van der Waals surface area contributed by atoms with Crippen LogP contribution in [0.2, 0.25) is 0 Å². The minimum Gasteiger partial charge on any atom is -0.477 e. The first-order chi connectivity index (χ1) is 8.08. The average molecular weight is 233 g/mol. The molecule has 0 atom stereocenters. The first-order valence-electron chi connectivity index (χ1n) is 4.80. The van der Waals surface area contributed by atoms with Crippen LogP contribution < -0.4 is 5.56 Å². The minimum atomic E-state index is -1.20. The number of rotatable bonds is 2. The summed E-state index contributed by atoms with van der Waals surface area (Å²) in [6.45, 7) is 0. The second-order valence-corrected chi connectivity index (χ2v) is 3.43. The number of aromatic amines is 1. The summed E-state index contributed by atoms with van der Waals surface area (Å²) in [6.07, 6.45) is 0. The molecule has 5 heteroatoms. The molecule has 0 aliphatic carbocycles. The molecule has 1 aromatic carbocycles. The van der Waals surface area contributed by atoms with Gasteiger partial charge in [-0.25, -0.2) is 9.18 Å². The van der Waals surface area contributed by atoms with Gasteiger partial charge in [-0.1, -0.05) is 12.1 Å². The normalized spacial score (nSPS) is 10.2. The molecule has 0 aliphatic heterocycles. The van der Waals surface area contributed by atoms with Gasteiger partial charge >= 0.3 is 5.97 Å². The Bertz CT molecular complexity index is 616. The fourth-order valence-electron chi connectivity index (χ4n) is 1.46. The van der Waals surface area contributed by atoms with Crippen molar-refractivity contribution in [1.29, 1.82) is 0 Å². The zero-order chi connectivity index (χ0) is 12.4. The molecule has 4 nitrogen and oxygen atoms in total. The number of hydrogen-bond acceptors (Lipinski definition) is 2. The fourth-order valence-corrected chi connectivity index (χ4v) is 1.46. The summed E-state index contributed by atoms with van der Waals surface area (Å²) in [7, 11) is 0. The van der Waals surface area contributed by atoms with E-state index in [9.17, 15) is 14.0 Å². The lowest BCUT2D eigenvalue weighted by molar-refractivity contribution is 0.0690. The Balaban J connectivity index is 2.50. The summed E-state index contributed by atoms with van der Waals surface area (Å²) in [5.74, 6) is -1.60. The van der Waals surface area contributed by atoms with Gasteiger partial charge in [-0.3, -0.25) is 4.79 Å². The third kappa shape index (κ3) is 2.23. The van der Waals surface area contributed by atoms with E-state index in [1.54, 1.807) is 0 Å². The summed E-state index contributed by atoms with van der Waals surface area (Å²) in [5, 5.41) is 8.69. The Morgan fingerprint density at radius 1 is 1.12 bits per heavy atom. The molecular weight excluding hydrogens is 225 g/mol. The molecule has 0 saturated heterocycles. The zero-order valence-electron chi connectivity index (χ0n) is 8.61. The van der Waals surface area contributed by atoms with Crippen molar-refractivity contribution in [2.75, 3.05) is 0 Å². The lowest BCUT2D eigenvalue weighted by atomic mass is 10.1. The molecule has 0 radical (unpaired) electrons. The van der Waals surface area contributed by atoms with Crippen molar-refractivity contribution in [3.05, 3.63) is 58.3 Å². The van der Waals surface area contributed by atoms with Gasteiger partial charge in [0.1, 0.15) is 11.5 Å². The molecule has 2 N–H and O–H groups in total. The molecule has 0 spiro atoms. The monoisotopic (exact) mass is 233 g/mol. The topological polar surface area (TPSA) is 70.2 Å². The molecule has 0 saturated carbocycles. The van der Waals surface area contributed by atoms with Crippen LogP contribution in [-0.4, -0.2) is 16.1 Å². The Morgan fingerprint density at radius 2 is 1.76 bits per heavy atom. The molecule has 0 aliphatic rings. The molecule has 0 unspecified atom stereocenters. The van der Waals surface area contributed by atoms with Gasteiger partial charge in [-0.05, 0) is 29.8 Å². The van der Waals surface area contributed by atoms with E-state index < -0.39 is 17.3 Å². The Kier molecular flexibility index (Phi) is 2.74. The molecular formula is C12H8FNO3. The van der Waals surface area contributed by atoms with E-state index in [2.05, 4.69) is 4.98 Å². The Labute approximate surface area is 95.4 Å². The molecule has 2 aromatic rings. The predicted octanol–water partition coefficient (Wildman–Crippen LogP) is 1.88. The van der Waals surface area contributed by atoms with Crippen LogP contribution in [0, 0.1) is 5.82 Å². The van der Waals surface area contributed by atoms with Crippen LogP contribution >= 0.6 is 0 Å². The maximum absolute atomic E-state index is 12.7. The van der Waals surface area contributed by atoms with Crippen LogP contribution in [0.15, 0.2) is 41.2 Å². The highest BCUT2D eigenvalue weighted by Gasteiger charge is 2.07. The highest BCUT2D eigenvalue weighted by Crippen LogP contribution is 2.15. The smallest absolute Gasteiger partial charge is 0.352 e. The van der Waals surface area contributed by atoms with Crippen LogP contribution in [0.5, 0.6) is 0 Å². The van der Waals surface area contributed by atoms with Crippen LogP contribution in [0.3, 0.4) is 0 Å². The van der Waals surface area contributed by atoms with Gasteiger partial charge in [0.05, 0.1) is 0 Å². The standard InChI is InChI=1S/C12H8FNO3/c13-8-3-1-7(2-4-8)9-5-6-10(12(16)17)14-11(9)15/h1-6H,(H,14,15)(H,16,17). The van der Waals surface area contributed by atoms with Gasteiger partial charge in [0, 0.05) is 5.56 Å². The number of pyridine rings is 1. The highest BCUT2D eigenvalue weighted by atomic mass is 19.1. The van der Waals surface area contributed by atoms with Crippen molar-refractivity contribution in [1.82, 2.24) is 4.98 Å². The van der Waals surface area contributed by atoms with Crippen molar-refractivity contribution in [2.24, 2.45) is 0 Å². The van der Waals surface area contributed by atoms with E-state index in [4.69, 9.17) is 5.11 Å². The van der Waals surface area contributed by atoms with Gasteiger partial charge in [-0.15, -0.1) is 0 Å². The number of aromatic carboxylic acids is 1. The number of aromatic nitrogens is 1. The van der Waals surface area contributed by atoms with Gasteiger partial charge in [-0.2, -0.15) is 0 Å².